The van der Waals surface area contributed by atoms with Crippen molar-refractivity contribution in [1.29, 1.82) is 0 Å². The molecule has 9 heteroatoms. The summed E-state index contributed by atoms with van der Waals surface area (Å²) in [5.74, 6) is 0.133. The summed E-state index contributed by atoms with van der Waals surface area (Å²) >= 11 is 7.10. The number of fused-ring (bicyclic) bond motifs is 1. The van der Waals surface area contributed by atoms with E-state index >= 15 is 0 Å². The molecule has 0 bridgehead atoms. The van der Waals surface area contributed by atoms with Gasteiger partial charge in [0.1, 0.15) is 23.6 Å². The molecule has 3 rings (SSSR count). The summed E-state index contributed by atoms with van der Waals surface area (Å²) in [7, 11) is 2.84. The van der Waals surface area contributed by atoms with E-state index in [-0.39, 0.29) is 13.2 Å². The average molecular weight is 421 g/mol. The van der Waals surface area contributed by atoms with Crippen molar-refractivity contribution >= 4 is 45.0 Å². The number of hydrogen-bond donors (Lipinski definition) is 0. The normalized spacial score (nSPS) is 11.5. The molecular formula is C19H17ClN2O5S. The van der Waals surface area contributed by atoms with Crippen LogP contribution >= 0.6 is 22.9 Å². The molecule has 7 nitrogen and oxygen atoms in total. The Morgan fingerprint density at radius 3 is 2.57 bits per heavy atom. The maximum Gasteiger partial charge on any atom is 0.325 e. The van der Waals surface area contributed by atoms with E-state index in [9.17, 15) is 9.59 Å². The minimum atomic E-state index is -0.487. The molecule has 1 aromatic heterocycles. The monoisotopic (exact) mass is 420 g/mol. The van der Waals surface area contributed by atoms with Crippen LogP contribution in [0.15, 0.2) is 47.5 Å². The summed E-state index contributed by atoms with van der Waals surface area (Å²) in [6, 6.07) is 12.1. The van der Waals surface area contributed by atoms with Crippen LogP contribution in [0.4, 0.5) is 0 Å². The maximum absolute atomic E-state index is 12.3. The number of methoxy groups -OCH3 is 2. The van der Waals surface area contributed by atoms with Gasteiger partial charge < -0.3 is 18.8 Å². The molecule has 146 valence electrons. The summed E-state index contributed by atoms with van der Waals surface area (Å²) in [6.07, 6.45) is 0. The fourth-order valence-electron chi connectivity index (χ4n) is 2.50. The van der Waals surface area contributed by atoms with Gasteiger partial charge in [0.15, 0.2) is 11.4 Å². The van der Waals surface area contributed by atoms with E-state index in [0.29, 0.717) is 26.8 Å². The second kappa shape index (κ2) is 8.90. The molecule has 0 aliphatic carbocycles. The van der Waals surface area contributed by atoms with Crippen LogP contribution in [0.2, 0.25) is 5.02 Å². The minimum absolute atomic E-state index is 0.0962. The Kier molecular flexibility index (Phi) is 6.33. The second-order valence-corrected chi connectivity index (χ2v) is 7.05. The third kappa shape index (κ3) is 4.52. The number of rotatable bonds is 6. The van der Waals surface area contributed by atoms with Crippen molar-refractivity contribution in [1.82, 2.24) is 4.57 Å². The van der Waals surface area contributed by atoms with Gasteiger partial charge in [-0.1, -0.05) is 29.0 Å². The number of nitrogens with zero attached hydrogens (tertiary/aromatic N) is 2. The molecule has 3 aromatic rings. The molecule has 0 fully saturated rings. The van der Waals surface area contributed by atoms with Gasteiger partial charge in [-0.05, 0) is 36.4 Å². The van der Waals surface area contributed by atoms with Gasteiger partial charge in [0, 0.05) is 5.02 Å². The highest BCUT2D eigenvalue weighted by molar-refractivity contribution is 7.16. The summed E-state index contributed by atoms with van der Waals surface area (Å²) in [4.78, 5) is 28.7. The Morgan fingerprint density at radius 2 is 1.89 bits per heavy atom. The van der Waals surface area contributed by atoms with Crippen LogP contribution in [0.1, 0.15) is 0 Å². The SMILES string of the molecule is COC(=O)Cn1c(=NC(=O)COc2ccc(Cl)cc2)sc2cccc(OC)c21. The molecule has 0 unspecified atom stereocenters. The number of hydrogen-bond acceptors (Lipinski definition) is 6. The quantitative estimate of drug-likeness (QED) is 0.573. The summed E-state index contributed by atoms with van der Waals surface area (Å²) in [5.41, 5.74) is 0.672. The predicted octanol–water partition coefficient (Wildman–Crippen LogP) is 3.04. The van der Waals surface area contributed by atoms with Crippen LogP contribution in [-0.4, -0.2) is 37.3 Å². The van der Waals surface area contributed by atoms with Gasteiger partial charge in [0.2, 0.25) is 0 Å². The zero-order chi connectivity index (χ0) is 20.1. The van der Waals surface area contributed by atoms with Crippen LogP contribution < -0.4 is 14.3 Å². The van der Waals surface area contributed by atoms with Crippen LogP contribution in [0.25, 0.3) is 10.2 Å². The van der Waals surface area contributed by atoms with Crippen LogP contribution in [0, 0.1) is 0 Å². The number of ether oxygens (including phenoxy) is 3. The molecule has 0 spiro atoms. The van der Waals surface area contributed by atoms with E-state index < -0.39 is 11.9 Å². The predicted molar refractivity (Wildman–Crippen MR) is 106 cm³/mol. The number of aromatic nitrogens is 1. The lowest BCUT2D eigenvalue weighted by Crippen LogP contribution is -2.23. The number of carbonyl (C=O) groups excluding carboxylic acids is 2. The maximum atomic E-state index is 12.3. The lowest BCUT2D eigenvalue weighted by atomic mass is 10.3. The first-order valence-corrected chi connectivity index (χ1v) is 9.40. The van der Waals surface area contributed by atoms with E-state index in [1.807, 2.05) is 12.1 Å². The molecule has 0 N–H and O–H groups in total. The van der Waals surface area contributed by atoms with Crippen molar-refractivity contribution in [2.75, 3.05) is 20.8 Å². The molecule has 0 aliphatic rings. The standard InChI is InChI=1S/C19H17ClN2O5S/c1-25-14-4-3-5-15-18(14)22(10-17(24)26-2)19(28-15)21-16(23)11-27-13-8-6-12(20)7-9-13/h3-9H,10-11H2,1-2H3. The molecule has 28 heavy (non-hydrogen) atoms. The molecule has 0 saturated heterocycles. The fourth-order valence-corrected chi connectivity index (χ4v) is 3.69. The summed E-state index contributed by atoms with van der Waals surface area (Å²) < 4.78 is 18.0. The van der Waals surface area contributed by atoms with Crippen LogP contribution in [0.5, 0.6) is 11.5 Å². The van der Waals surface area contributed by atoms with E-state index in [0.717, 1.165) is 4.70 Å². The first-order chi connectivity index (χ1) is 13.5. The smallest absolute Gasteiger partial charge is 0.325 e. The third-order valence-corrected chi connectivity index (χ3v) is 5.09. The lowest BCUT2D eigenvalue weighted by molar-refractivity contribution is -0.141. The number of amides is 1. The number of esters is 1. The Bertz CT molecular complexity index is 1070. The molecule has 0 aliphatic heterocycles. The van der Waals surface area contributed by atoms with E-state index in [1.54, 1.807) is 34.9 Å². The van der Waals surface area contributed by atoms with Crippen molar-refractivity contribution in [3.05, 3.63) is 52.3 Å². The van der Waals surface area contributed by atoms with E-state index in [1.165, 1.54) is 25.6 Å². The molecule has 2 aromatic carbocycles. The van der Waals surface area contributed by atoms with Gasteiger partial charge in [0.25, 0.3) is 5.91 Å². The summed E-state index contributed by atoms with van der Waals surface area (Å²) in [6.45, 7) is -0.341. The topological polar surface area (TPSA) is 79.1 Å². The highest BCUT2D eigenvalue weighted by Gasteiger charge is 2.15. The van der Waals surface area contributed by atoms with Gasteiger partial charge in [-0.3, -0.25) is 9.59 Å². The Morgan fingerprint density at radius 1 is 1.14 bits per heavy atom. The van der Waals surface area contributed by atoms with Crippen molar-refractivity contribution in [3.8, 4) is 11.5 Å². The molecule has 1 heterocycles. The zero-order valence-corrected chi connectivity index (χ0v) is 16.7. The van der Waals surface area contributed by atoms with Gasteiger partial charge >= 0.3 is 5.97 Å². The van der Waals surface area contributed by atoms with Crippen molar-refractivity contribution in [2.24, 2.45) is 4.99 Å². The Balaban J connectivity index is 1.93. The highest BCUT2D eigenvalue weighted by Crippen LogP contribution is 2.27. The minimum Gasteiger partial charge on any atom is -0.495 e. The van der Waals surface area contributed by atoms with Crippen LogP contribution in [0.3, 0.4) is 0 Å². The zero-order valence-electron chi connectivity index (χ0n) is 15.2. The van der Waals surface area contributed by atoms with Crippen LogP contribution in [-0.2, 0) is 20.9 Å². The number of benzene rings is 2. The first kappa shape index (κ1) is 19.9. The molecule has 1 amide bonds. The average Bonchev–Trinajstić information content (AvgIpc) is 3.04. The lowest BCUT2D eigenvalue weighted by Gasteiger charge is -2.07. The molecular weight excluding hydrogens is 404 g/mol. The molecule has 0 saturated carbocycles. The molecule has 0 atom stereocenters. The Hall–Kier alpha value is -2.84. The number of thiazole rings is 1. The fraction of sp³-hybridized carbons (Fsp3) is 0.211. The van der Waals surface area contributed by atoms with Crippen molar-refractivity contribution in [2.45, 2.75) is 6.54 Å². The van der Waals surface area contributed by atoms with Gasteiger partial charge in [0.05, 0.1) is 18.9 Å². The van der Waals surface area contributed by atoms with Gasteiger partial charge in [-0.15, -0.1) is 0 Å². The third-order valence-electron chi connectivity index (χ3n) is 3.80. The number of halogens is 1. The Labute approximate surface area is 169 Å². The number of carbonyl (C=O) groups is 2. The summed E-state index contributed by atoms with van der Waals surface area (Å²) in [5, 5.41) is 0.575. The second-order valence-electron chi connectivity index (χ2n) is 5.60. The van der Waals surface area contributed by atoms with E-state index in [4.69, 9.17) is 25.8 Å². The largest absolute Gasteiger partial charge is 0.495 e. The molecule has 0 radical (unpaired) electrons. The van der Waals surface area contributed by atoms with Crippen molar-refractivity contribution in [3.63, 3.8) is 0 Å². The first-order valence-electron chi connectivity index (χ1n) is 8.21. The van der Waals surface area contributed by atoms with Gasteiger partial charge in [-0.25, -0.2) is 0 Å². The van der Waals surface area contributed by atoms with Crippen molar-refractivity contribution < 1.29 is 23.8 Å². The van der Waals surface area contributed by atoms with Gasteiger partial charge in [-0.2, -0.15) is 4.99 Å². The highest BCUT2D eigenvalue weighted by atomic mass is 35.5. The van der Waals surface area contributed by atoms with E-state index in [2.05, 4.69) is 4.99 Å². The number of para-hydroxylation sites is 1.